The molecule has 2 rings (SSSR count). The molecule has 1 fully saturated rings. The van der Waals surface area contributed by atoms with Crippen molar-refractivity contribution in [2.75, 3.05) is 38.6 Å². The molecule has 0 aromatic heterocycles. The minimum atomic E-state index is 0.561. The van der Waals surface area contributed by atoms with Crippen molar-refractivity contribution in [1.29, 1.82) is 5.26 Å². The zero-order valence-electron chi connectivity index (χ0n) is 12.4. The Kier molecular flexibility index (Phi) is 5.25. The van der Waals surface area contributed by atoms with Crippen molar-refractivity contribution in [3.63, 3.8) is 0 Å². The van der Waals surface area contributed by atoms with E-state index in [0.717, 1.165) is 24.5 Å². The lowest BCUT2D eigenvalue weighted by Gasteiger charge is -2.21. The number of nitrogens with zero attached hydrogens (tertiary/aromatic N) is 2. The minimum absolute atomic E-state index is 0.561. The van der Waals surface area contributed by atoms with E-state index in [2.05, 4.69) is 23.2 Å². The smallest absolute Gasteiger partial charge is 0.121 e. The molecule has 0 aliphatic carbocycles. The quantitative estimate of drug-likeness (QED) is 0.865. The molecule has 1 aromatic carbocycles. The lowest BCUT2D eigenvalue weighted by atomic mass is 10.1. The molecule has 1 saturated heterocycles. The second-order valence-corrected chi connectivity index (χ2v) is 5.52. The molecule has 0 radical (unpaired) electrons. The second-order valence-electron chi connectivity index (χ2n) is 5.52. The Morgan fingerprint density at radius 2 is 2.15 bits per heavy atom. The number of rotatable bonds is 6. The van der Waals surface area contributed by atoms with Crippen molar-refractivity contribution in [3.05, 3.63) is 23.8 Å². The summed E-state index contributed by atoms with van der Waals surface area (Å²) >= 11 is 0. The van der Waals surface area contributed by atoms with Gasteiger partial charge < -0.3 is 15.0 Å². The van der Waals surface area contributed by atoms with E-state index >= 15 is 0 Å². The molecule has 1 aliphatic rings. The van der Waals surface area contributed by atoms with Crippen molar-refractivity contribution in [2.24, 2.45) is 5.92 Å². The molecule has 4 heteroatoms. The molecule has 0 saturated carbocycles. The van der Waals surface area contributed by atoms with Gasteiger partial charge in [0.2, 0.25) is 0 Å². The fourth-order valence-corrected chi connectivity index (χ4v) is 2.65. The van der Waals surface area contributed by atoms with E-state index in [1.54, 1.807) is 13.2 Å². The molecular weight excluding hydrogens is 250 g/mol. The first-order chi connectivity index (χ1) is 9.72. The SMILES string of the molecule is COc1ccc(C#N)c(NCC(C)CN2CCCC2)c1. The van der Waals surface area contributed by atoms with Gasteiger partial charge in [-0.15, -0.1) is 0 Å². The summed E-state index contributed by atoms with van der Waals surface area (Å²) in [6, 6.07) is 7.72. The van der Waals surface area contributed by atoms with Gasteiger partial charge in [-0.05, 0) is 44.0 Å². The average molecular weight is 273 g/mol. The molecule has 108 valence electrons. The van der Waals surface area contributed by atoms with Crippen LogP contribution >= 0.6 is 0 Å². The Morgan fingerprint density at radius 3 is 2.80 bits per heavy atom. The third kappa shape index (κ3) is 3.88. The largest absolute Gasteiger partial charge is 0.497 e. The summed E-state index contributed by atoms with van der Waals surface area (Å²) in [7, 11) is 1.64. The minimum Gasteiger partial charge on any atom is -0.497 e. The molecular formula is C16H23N3O. The van der Waals surface area contributed by atoms with Gasteiger partial charge in [-0.1, -0.05) is 6.92 Å². The van der Waals surface area contributed by atoms with E-state index in [4.69, 9.17) is 10.00 Å². The summed E-state index contributed by atoms with van der Waals surface area (Å²) in [6.45, 7) is 6.70. The van der Waals surface area contributed by atoms with Crippen molar-refractivity contribution in [3.8, 4) is 11.8 Å². The highest BCUT2D eigenvalue weighted by Gasteiger charge is 2.14. The van der Waals surface area contributed by atoms with Gasteiger partial charge in [0.25, 0.3) is 0 Å². The van der Waals surface area contributed by atoms with Crippen LogP contribution in [0.2, 0.25) is 0 Å². The van der Waals surface area contributed by atoms with Crippen molar-refractivity contribution < 1.29 is 4.74 Å². The highest BCUT2D eigenvalue weighted by Crippen LogP contribution is 2.22. The Hall–Kier alpha value is -1.73. The number of hydrogen-bond acceptors (Lipinski definition) is 4. The van der Waals surface area contributed by atoms with Crippen LogP contribution in [0.1, 0.15) is 25.3 Å². The molecule has 1 unspecified atom stereocenters. The Morgan fingerprint density at radius 1 is 1.40 bits per heavy atom. The van der Waals surface area contributed by atoms with E-state index in [1.807, 2.05) is 12.1 Å². The van der Waals surface area contributed by atoms with Crippen LogP contribution in [0.4, 0.5) is 5.69 Å². The number of nitriles is 1. The van der Waals surface area contributed by atoms with E-state index in [9.17, 15) is 0 Å². The summed E-state index contributed by atoms with van der Waals surface area (Å²) in [4.78, 5) is 2.52. The first-order valence-electron chi connectivity index (χ1n) is 7.27. The van der Waals surface area contributed by atoms with E-state index < -0.39 is 0 Å². The number of benzene rings is 1. The maximum absolute atomic E-state index is 9.14. The standard InChI is InChI=1S/C16H23N3O/c1-13(12-19-7-3-4-8-19)11-18-16-9-15(20-2)6-5-14(16)10-17/h5-6,9,13,18H,3-4,7-8,11-12H2,1-2H3. The lowest BCUT2D eigenvalue weighted by Crippen LogP contribution is -2.29. The van der Waals surface area contributed by atoms with E-state index in [-0.39, 0.29) is 0 Å². The summed E-state index contributed by atoms with van der Waals surface area (Å²) in [5.41, 5.74) is 1.53. The molecule has 1 atom stereocenters. The van der Waals surface area contributed by atoms with E-state index in [0.29, 0.717) is 11.5 Å². The topological polar surface area (TPSA) is 48.3 Å². The van der Waals surface area contributed by atoms with Crippen molar-refractivity contribution in [1.82, 2.24) is 4.90 Å². The van der Waals surface area contributed by atoms with Crippen molar-refractivity contribution in [2.45, 2.75) is 19.8 Å². The number of ether oxygens (including phenoxy) is 1. The molecule has 1 heterocycles. The highest BCUT2D eigenvalue weighted by atomic mass is 16.5. The van der Waals surface area contributed by atoms with Gasteiger partial charge in [0.05, 0.1) is 18.4 Å². The third-order valence-electron chi connectivity index (χ3n) is 3.76. The summed E-state index contributed by atoms with van der Waals surface area (Å²) in [5.74, 6) is 1.34. The maximum Gasteiger partial charge on any atom is 0.121 e. The maximum atomic E-state index is 9.14. The number of nitrogens with one attached hydrogen (secondary N) is 1. The Balaban J connectivity index is 1.90. The zero-order valence-corrected chi connectivity index (χ0v) is 12.4. The first kappa shape index (κ1) is 14.7. The van der Waals surface area contributed by atoms with Gasteiger partial charge >= 0.3 is 0 Å². The average Bonchev–Trinajstić information content (AvgIpc) is 2.97. The normalized spacial score (nSPS) is 16.6. The molecule has 1 aromatic rings. The molecule has 20 heavy (non-hydrogen) atoms. The first-order valence-corrected chi connectivity index (χ1v) is 7.27. The van der Waals surface area contributed by atoms with Crippen molar-refractivity contribution >= 4 is 5.69 Å². The van der Waals surface area contributed by atoms with Gasteiger partial charge in [0.15, 0.2) is 0 Å². The van der Waals surface area contributed by atoms with Crippen LogP contribution in [0.3, 0.4) is 0 Å². The Labute approximate surface area is 121 Å². The zero-order chi connectivity index (χ0) is 14.4. The predicted octanol–water partition coefficient (Wildman–Crippen LogP) is 2.71. The predicted molar refractivity (Wildman–Crippen MR) is 81.0 cm³/mol. The summed E-state index contributed by atoms with van der Waals surface area (Å²) in [5, 5.41) is 12.5. The highest BCUT2D eigenvalue weighted by molar-refractivity contribution is 5.60. The molecule has 0 spiro atoms. The number of hydrogen-bond donors (Lipinski definition) is 1. The molecule has 4 nitrogen and oxygen atoms in total. The molecule has 0 bridgehead atoms. The van der Waals surface area contributed by atoms with Crippen LogP contribution in [0.5, 0.6) is 5.75 Å². The number of likely N-dealkylation sites (tertiary alicyclic amines) is 1. The van der Waals surface area contributed by atoms with Crippen LogP contribution in [-0.2, 0) is 0 Å². The van der Waals surface area contributed by atoms with Crippen LogP contribution in [0.15, 0.2) is 18.2 Å². The van der Waals surface area contributed by atoms with Gasteiger partial charge in [0, 0.05) is 19.2 Å². The van der Waals surface area contributed by atoms with Crippen LogP contribution in [0.25, 0.3) is 0 Å². The van der Waals surface area contributed by atoms with Gasteiger partial charge in [-0.2, -0.15) is 5.26 Å². The third-order valence-corrected chi connectivity index (χ3v) is 3.76. The lowest BCUT2D eigenvalue weighted by molar-refractivity contribution is 0.294. The van der Waals surface area contributed by atoms with Gasteiger partial charge in [-0.25, -0.2) is 0 Å². The Bertz CT molecular complexity index is 475. The number of anilines is 1. The van der Waals surface area contributed by atoms with Crippen LogP contribution in [-0.4, -0.2) is 38.2 Å². The van der Waals surface area contributed by atoms with Gasteiger partial charge in [0.1, 0.15) is 11.8 Å². The monoisotopic (exact) mass is 273 g/mol. The van der Waals surface area contributed by atoms with Crippen LogP contribution in [0, 0.1) is 17.2 Å². The molecule has 1 aliphatic heterocycles. The number of methoxy groups -OCH3 is 1. The molecule has 1 N–H and O–H groups in total. The fraction of sp³-hybridized carbons (Fsp3) is 0.562. The second kappa shape index (κ2) is 7.16. The summed E-state index contributed by atoms with van der Waals surface area (Å²) < 4.78 is 5.21. The fourth-order valence-electron chi connectivity index (χ4n) is 2.65. The van der Waals surface area contributed by atoms with Gasteiger partial charge in [-0.3, -0.25) is 0 Å². The van der Waals surface area contributed by atoms with Crippen LogP contribution < -0.4 is 10.1 Å². The summed E-state index contributed by atoms with van der Waals surface area (Å²) in [6.07, 6.45) is 2.66. The molecule has 0 amide bonds. The van der Waals surface area contributed by atoms with E-state index in [1.165, 1.54) is 25.9 Å².